The van der Waals surface area contributed by atoms with Gasteiger partial charge in [-0.1, -0.05) is 73.1 Å². The first kappa shape index (κ1) is 24.8. The highest BCUT2D eigenvalue weighted by atomic mass is 35.5. The van der Waals surface area contributed by atoms with E-state index in [1.54, 1.807) is 34.9 Å². The first-order chi connectivity index (χ1) is 17.8. The van der Waals surface area contributed by atoms with Crippen molar-refractivity contribution in [2.24, 2.45) is 5.92 Å². The van der Waals surface area contributed by atoms with Crippen LogP contribution < -0.4 is 10.3 Å². The predicted octanol–water partition coefficient (Wildman–Crippen LogP) is 5.43. The summed E-state index contributed by atoms with van der Waals surface area (Å²) in [5.74, 6) is 0.0195. The summed E-state index contributed by atoms with van der Waals surface area (Å²) >= 11 is 6.46. The van der Waals surface area contributed by atoms with E-state index in [-0.39, 0.29) is 41.5 Å². The van der Waals surface area contributed by atoms with Crippen molar-refractivity contribution < 1.29 is 14.3 Å². The maximum atomic E-state index is 13.0. The number of hydrogen-bond acceptors (Lipinski definition) is 4. The number of pyridine rings is 1. The summed E-state index contributed by atoms with van der Waals surface area (Å²) < 4.78 is 7.70. The van der Waals surface area contributed by atoms with Crippen molar-refractivity contribution in [3.05, 3.63) is 122 Å². The molecule has 6 nitrogen and oxygen atoms in total. The molecule has 1 unspecified atom stereocenters. The molecular formula is C30H27ClN2O4. The lowest BCUT2D eigenvalue weighted by Crippen LogP contribution is -2.32. The highest BCUT2D eigenvalue weighted by Gasteiger charge is 2.35. The number of ether oxygens (including phenoxy) is 1. The molecule has 2 aromatic carbocycles. The Bertz CT molecular complexity index is 1470. The molecule has 0 radical (unpaired) electrons. The first-order valence-corrected chi connectivity index (χ1v) is 12.6. The number of rotatable bonds is 7. The van der Waals surface area contributed by atoms with Crippen molar-refractivity contribution >= 4 is 23.4 Å². The van der Waals surface area contributed by atoms with E-state index < -0.39 is 0 Å². The van der Waals surface area contributed by atoms with Crippen LogP contribution in [0.15, 0.2) is 88.8 Å². The van der Waals surface area contributed by atoms with Gasteiger partial charge in [0.1, 0.15) is 17.4 Å². The van der Waals surface area contributed by atoms with Crippen LogP contribution in [0.5, 0.6) is 5.75 Å². The molecule has 37 heavy (non-hydrogen) atoms. The Morgan fingerprint density at radius 3 is 2.27 bits per heavy atom. The molecule has 2 heterocycles. The van der Waals surface area contributed by atoms with Crippen molar-refractivity contribution in [2.45, 2.75) is 26.8 Å². The Hall–Kier alpha value is -3.90. The average Bonchev–Trinajstić information content (AvgIpc) is 3.14. The molecule has 5 rings (SSSR count). The van der Waals surface area contributed by atoms with Gasteiger partial charge in [0, 0.05) is 11.8 Å². The second-order valence-corrected chi connectivity index (χ2v) is 9.92. The standard InChI is InChI=1S/C30H27ClN2O4/c1-19-12-13-22(17-33-28(34)24-10-6-7-11-25(24)29(33)35)23(14-19)18-37-26-15-20(2)32(30(36)27(26)31)16-21-8-4-3-5-9-21/h3-13,15,19H,14,16-18H2,1-2H3. The number of amides is 2. The predicted molar refractivity (Wildman–Crippen MR) is 143 cm³/mol. The molecule has 188 valence electrons. The number of allylic oxidation sites excluding steroid dienone is 1. The summed E-state index contributed by atoms with van der Waals surface area (Å²) in [6, 6.07) is 18.4. The van der Waals surface area contributed by atoms with Gasteiger partial charge in [0.2, 0.25) is 0 Å². The normalized spacial score (nSPS) is 16.9. The Kier molecular flexibility index (Phi) is 6.85. The minimum atomic E-state index is -0.308. The fourth-order valence-electron chi connectivity index (χ4n) is 4.80. The van der Waals surface area contributed by atoms with Crippen LogP contribution in [-0.2, 0) is 6.54 Å². The second-order valence-electron chi connectivity index (χ2n) is 9.54. The van der Waals surface area contributed by atoms with E-state index in [0.29, 0.717) is 23.4 Å². The molecule has 3 aromatic rings. The molecule has 0 fully saturated rings. The van der Waals surface area contributed by atoms with Crippen LogP contribution >= 0.6 is 11.6 Å². The van der Waals surface area contributed by atoms with Crippen LogP contribution in [0.3, 0.4) is 0 Å². The van der Waals surface area contributed by atoms with Gasteiger partial charge in [-0.15, -0.1) is 0 Å². The number of benzene rings is 2. The molecule has 2 aliphatic rings. The Morgan fingerprint density at radius 2 is 1.59 bits per heavy atom. The van der Waals surface area contributed by atoms with Gasteiger partial charge in [-0.05, 0) is 48.1 Å². The highest BCUT2D eigenvalue weighted by Crippen LogP contribution is 2.30. The van der Waals surface area contributed by atoms with Crippen molar-refractivity contribution in [3.8, 4) is 5.75 Å². The van der Waals surface area contributed by atoms with Gasteiger partial charge in [0.25, 0.3) is 17.4 Å². The fourth-order valence-corrected chi connectivity index (χ4v) is 5.01. The van der Waals surface area contributed by atoms with Gasteiger partial charge in [-0.3, -0.25) is 19.3 Å². The lowest BCUT2D eigenvalue weighted by molar-refractivity contribution is 0.0668. The largest absolute Gasteiger partial charge is 0.487 e. The molecule has 0 bridgehead atoms. The van der Waals surface area contributed by atoms with Crippen LogP contribution in [-0.4, -0.2) is 34.4 Å². The minimum absolute atomic E-state index is 0.0310. The number of carbonyl (C=O) groups is 2. The van der Waals surface area contributed by atoms with E-state index in [4.69, 9.17) is 16.3 Å². The zero-order valence-electron chi connectivity index (χ0n) is 20.7. The van der Waals surface area contributed by atoms with Crippen molar-refractivity contribution in [2.75, 3.05) is 13.2 Å². The van der Waals surface area contributed by atoms with Gasteiger partial charge in [0.05, 0.1) is 24.2 Å². The van der Waals surface area contributed by atoms with Gasteiger partial charge >= 0.3 is 0 Å². The first-order valence-electron chi connectivity index (χ1n) is 12.2. The highest BCUT2D eigenvalue weighted by molar-refractivity contribution is 6.31. The summed E-state index contributed by atoms with van der Waals surface area (Å²) in [6.07, 6.45) is 4.75. The average molecular weight is 515 g/mol. The summed E-state index contributed by atoms with van der Waals surface area (Å²) in [5, 5.41) is 0.0310. The second kappa shape index (κ2) is 10.2. The summed E-state index contributed by atoms with van der Waals surface area (Å²) in [4.78, 5) is 40.1. The Morgan fingerprint density at radius 1 is 0.946 bits per heavy atom. The van der Waals surface area contributed by atoms with Crippen LogP contribution in [0.4, 0.5) is 0 Å². The lowest BCUT2D eigenvalue weighted by atomic mass is 9.91. The molecule has 0 saturated heterocycles. The number of fused-ring (bicyclic) bond motifs is 1. The molecule has 7 heteroatoms. The maximum absolute atomic E-state index is 13.0. The van der Waals surface area contributed by atoms with Gasteiger partial charge < -0.3 is 9.30 Å². The van der Waals surface area contributed by atoms with Gasteiger partial charge in [-0.25, -0.2) is 0 Å². The number of hydrogen-bond donors (Lipinski definition) is 0. The summed E-state index contributed by atoms with van der Waals surface area (Å²) in [7, 11) is 0. The molecule has 0 spiro atoms. The molecule has 2 amide bonds. The van der Waals surface area contributed by atoms with E-state index in [0.717, 1.165) is 28.8 Å². The topological polar surface area (TPSA) is 68.6 Å². The zero-order valence-corrected chi connectivity index (χ0v) is 21.5. The monoisotopic (exact) mass is 514 g/mol. The molecule has 1 aromatic heterocycles. The maximum Gasteiger partial charge on any atom is 0.273 e. The molecule has 0 saturated carbocycles. The van der Waals surface area contributed by atoms with Gasteiger partial charge in [-0.2, -0.15) is 0 Å². The van der Waals surface area contributed by atoms with E-state index >= 15 is 0 Å². The Balaban J connectivity index is 1.37. The summed E-state index contributed by atoms with van der Waals surface area (Å²) in [6.45, 7) is 4.74. The van der Waals surface area contributed by atoms with E-state index in [1.807, 2.05) is 43.3 Å². The smallest absolute Gasteiger partial charge is 0.273 e. The van der Waals surface area contributed by atoms with Crippen molar-refractivity contribution in [3.63, 3.8) is 0 Å². The summed E-state index contributed by atoms with van der Waals surface area (Å²) in [5.41, 5.74) is 4.12. The van der Waals surface area contributed by atoms with E-state index in [2.05, 4.69) is 13.0 Å². The third-order valence-electron chi connectivity index (χ3n) is 6.86. The van der Waals surface area contributed by atoms with Crippen molar-refractivity contribution in [1.82, 2.24) is 9.47 Å². The molecule has 1 atom stereocenters. The number of aryl methyl sites for hydroxylation is 1. The van der Waals surface area contributed by atoms with Crippen LogP contribution in [0.1, 0.15) is 45.3 Å². The zero-order chi connectivity index (χ0) is 26.1. The molecule has 1 aliphatic heterocycles. The minimum Gasteiger partial charge on any atom is -0.487 e. The number of halogens is 1. The number of nitrogens with zero attached hydrogens (tertiary/aromatic N) is 2. The van der Waals surface area contributed by atoms with Gasteiger partial charge in [0.15, 0.2) is 0 Å². The lowest BCUT2D eigenvalue weighted by Gasteiger charge is -2.24. The SMILES string of the molecule is Cc1cc(OCC2=C(CN3C(=O)c4ccccc4C3=O)C=CC(C)C2)c(Cl)c(=O)n1Cc1ccccc1. The number of aromatic nitrogens is 1. The quantitative estimate of drug-likeness (QED) is 0.394. The fraction of sp³-hybridized carbons (Fsp3) is 0.233. The van der Waals surface area contributed by atoms with E-state index in [9.17, 15) is 14.4 Å². The number of imide groups is 1. The van der Waals surface area contributed by atoms with Crippen molar-refractivity contribution in [1.29, 1.82) is 0 Å². The van der Waals surface area contributed by atoms with Crippen LogP contribution in [0.2, 0.25) is 5.02 Å². The van der Waals surface area contributed by atoms with Crippen LogP contribution in [0, 0.1) is 12.8 Å². The van der Waals surface area contributed by atoms with E-state index in [1.165, 1.54) is 4.90 Å². The molecule has 1 aliphatic carbocycles. The third-order valence-corrected chi connectivity index (χ3v) is 7.20. The third kappa shape index (κ3) is 4.89. The Labute approximate surface area is 220 Å². The van der Waals surface area contributed by atoms with Crippen LogP contribution in [0.25, 0.3) is 0 Å². The number of carbonyl (C=O) groups excluding carboxylic acids is 2. The molecular weight excluding hydrogens is 488 g/mol. The molecule has 0 N–H and O–H groups in total.